The zero-order valence-corrected chi connectivity index (χ0v) is 8.73. The second kappa shape index (κ2) is 4.53. The summed E-state index contributed by atoms with van der Waals surface area (Å²) in [5.74, 6) is -0.668. The van der Waals surface area contributed by atoms with E-state index >= 15 is 0 Å². The number of likely N-dealkylation sites (N-methyl/N-ethyl adjacent to an activating group) is 1. The van der Waals surface area contributed by atoms with Gasteiger partial charge in [0.25, 0.3) is 0 Å². The lowest BCUT2D eigenvalue weighted by Crippen LogP contribution is -2.30. The molecule has 0 aliphatic heterocycles. The average Bonchev–Trinajstić information content (AvgIpc) is 2.19. The van der Waals surface area contributed by atoms with Crippen molar-refractivity contribution in [3.05, 3.63) is 34.6 Å². The number of halogens is 2. The first-order valence-corrected chi connectivity index (χ1v) is 4.60. The summed E-state index contributed by atoms with van der Waals surface area (Å²) in [5.41, 5.74) is 0.216. The SMILES string of the molecule is CNC(C)C(=O)c1cc(F)ccc1Cl. The highest BCUT2D eigenvalue weighted by Crippen LogP contribution is 2.18. The highest BCUT2D eigenvalue weighted by atomic mass is 35.5. The molecule has 1 rings (SSSR count). The number of rotatable bonds is 3. The van der Waals surface area contributed by atoms with Gasteiger partial charge >= 0.3 is 0 Å². The van der Waals surface area contributed by atoms with Crippen molar-refractivity contribution in [1.82, 2.24) is 5.32 Å². The lowest BCUT2D eigenvalue weighted by atomic mass is 10.1. The summed E-state index contributed by atoms with van der Waals surface area (Å²) in [7, 11) is 1.66. The Kier molecular flexibility index (Phi) is 3.61. The van der Waals surface area contributed by atoms with Gasteiger partial charge in [0.15, 0.2) is 5.78 Å². The quantitative estimate of drug-likeness (QED) is 0.784. The van der Waals surface area contributed by atoms with Gasteiger partial charge in [0.2, 0.25) is 0 Å². The Bertz CT molecular complexity index is 354. The zero-order valence-electron chi connectivity index (χ0n) is 7.97. The minimum atomic E-state index is -0.457. The standard InChI is InChI=1S/C10H11ClFNO/c1-6(13-2)10(14)8-5-7(12)3-4-9(8)11/h3-6,13H,1-2H3. The van der Waals surface area contributed by atoms with Gasteiger partial charge in [0, 0.05) is 5.56 Å². The summed E-state index contributed by atoms with van der Waals surface area (Å²) in [6.45, 7) is 1.70. The molecule has 0 saturated carbocycles. The summed E-state index contributed by atoms with van der Waals surface area (Å²) in [5, 5.41) is 3.06. The van der Waals surface area contributed by atoms with Crippen LogP contribution in [0.1, 0.15) is 17.3 Å². The Morgan fingerprint density at radius 1 is 1.57 bits per heavy atom. The molecule has 0 aliphatic carbocycles. The molecular formula is C10H11ClFNO. The molecule has 4 heteroatoms. The van der Waals surface area contributed by atoms with E-state index in [0.717, 1.165) is 6.07 Å². The van der Waals surface area contributed by atoms with Crippen molar-refractivity contribution in [2.75, 3.05) is 7.05 Å². The molecule has 1 atom stereocenters. The lowest BCUT2D eigenvalue weighted by Gasteiger charge is -2.09. The van der Waals surface area contributed by atoms with Gasteiger partial charge < -0.3 is 5.32 Å². The normalized spacial score (nSPS) is 12.6. The minimum Gasteiger partial charge on any atom is -0.310 e. The summed E-state index contributed by atoms with van der Waals surface area (Å²) in [6.07, 6.45) is 0. The van der Waals surface area contributed by atoms with E-state index in [2.05, 4.69) is 5.32 Å². The van der Waals surface area contributed by atoms with Gasteiger partial charge in [0.1, 0.15) is 5.82 Å². The zero-order chi connectivity index (χ0) is 10.7. The van der Waals surface area contributed by atoms with Crippen molar-refractivity contribution >= 4 is 17.4 Å². The highest BCUT2D eigenvalue weighted by molar-refractivity contribution is 6.34. The fraction of sp³-hybridized carbons (Fsp3) is 0.300. The predicted octanol–water partition coefficient (Wildman–Crippen LogP) is 2.27. The number of Topliss-reactive ketones (excluding diaryl/α,β-unsaturated/α-hetero) is 1. The molecule has 76 valence electrons. The third-order valence-corrected chi connectivity index (χ3v) is 2.35. The van der Waals surface area contributed by atoms with Crippen LogP contribution in [0.5, 0.6) is 0 Å². The molecule has 0 aliphatic rings. The lowest BCUT2D eigenvalue weighted by molar-refractivity contribution is 0.0955. The van der Waals surface area contributed by atoms with E-state index in [1.165, 1.54) is 12.1 Å². The molecule has 0 heterocycles. The van der Waals surface area contributed by atoms with E-state index < -0.39 is 5.82 Å². The average molecular weight is 216 g/mol. The van der Waals surface area contributed by atoms with Crippen LogP contribution < -0.4 is 5.32 Å². The van der Waals surface area contributed by atoms with Gasteiger partial charge in [-0.2, -0.15) is 0 Å². The van der Waals surface area contributed by atoms with Crippen molar-refractivity contribution in [3.8, 4) is 0 Å². The number of carbonyl (C=O) groups excluding carboxylic acids is 1. The number of benzene rings is 1. The topological polar surface area (TPSA) is 29.1 Å². The summed E-state index contributed by atoms with van der Waals surface area (Å²) in [4.78, 5) is 11.6. The minimum absolute atomic E-state index is 0.211. The molecule has 0 saturated heterocycles. The molecule has 1 aromatic carbocycles. The molecule has 0 aromatic heterocycles. The van der Waals surface area contributed by atoms with Gasteiger partial charge in [-0.25, -0.2) is 4.39 Å². The van der Waals surface area contributed by atoms with Crippen LogP contribution in [-0.2, 0) is 0 Å². The maximum atomic E-state index is 12.8. The van der Waals surface area contributed by atoms with Crippen LogP contribution >= 0.6 is 11.6 Å². The second-order valence-electron chi connectivity index (χ2n) is 3.00. The van der Waals surface area contributed by atoms with Crippen molar-refractivity contribution in [3.63, 3.8) is 0 Å². The molecule has 1 unspecified atom stereocenters. The summed E-state index contributed by atoms with van der Waals surface area (Å²) < 4.78 is 12.8. The van der Waals surface area contributed by atoms with Crippen LogP contribution in [0.25, 0.3) is 0 Å². The first-order valence-electron chi connectivity index (χ1n) is 4.22. The predicted molar refractivity (Wildman–Crippen MR) is 54.3 cm³/mol. The fourth-order valence-corrected chi connectivity index (χ4v) is 1.26. The van der Waals surface area contributed by atoms with Crippen LogP contribution in [0.3, 0.4) is 0 Å². The molecule has 0 fully saturated rings. The molecule has 0 spiro atoms. The molecule has 0 amide bonds. The Labute approximate surface area is 87.1 Å². The van der Waals surface area contributed by atoms with Crippen LogP contribution in [0.2, 0.25) is 5.02 Å². The van der Waals surface area contributed by atoms with Gasteiger partial charge in [-0.1, -0.05) is 11.6 Å². The fourth-order valence-electron chi connectivity index (χ4n) is 1.05. The molecular weight excluding hydrogens is 205 g/mol. The Hall–Kier alpha value is -0.930. The maximum absolute atomic E-state index is 12.8. The monoisotopic (exact) mass is 215 g/mol. The number of hydrogen-bond donors (Lipinski definition) is 1. The molecule has 2 nitrogen and oxygen atoms in total. The van der Waals surface area contributed by atoms with Crippen LogP contribution in [-0.4, -0.2) is 18.9 Å². The molecule has 1 N–H and O–H groups in total. The van der Waals surface area contributed by atoms with E-state index in [4.69, 9.17) is 11.6 Å². The van der Waals surface area contributed by atoms with Gasteiger partial charge in [-0.3, -0.25) is 4.79 Å². The van der Waals surface area contributed by atoms with Crippen molar-refractivity contribution in [2.24, 2.45) is 0 Å². The third kappa shape index (κ3) is 2.30. The van der Waals surface area contributed by atoms with Crippen LogP contribution in [0.4, 0.5) is 4.39 Å². The third-order valence-electron chi connectivity index (χ3n) is 2.02. The Morgan fingerprint density at radius 3 is 2.79 bits per heavy atom. The van der Waals surface area contributed by atoms with Gasteiger partial charge in [0.05, 0.1) is 11.1 Å². The van der Waals surface area contributed by atoms with Crippen molar-refractivity contribution in [1.29, 1.82) is 0 Å². The number of nitrogens with one attached hydrogen (secondary N) is 1. The van der Waals surface area contributed by atoms with Gasteiger partial charge in [-0.05, 0) is 32.2 Å². The largest absolute Gasteiger partial charge is 0.310 e. The van der Waals surface area contributed by atoms with Gasteiger partial charge in [-0.15, -0.1) is 0 Å². The summed E-state index contributed by atoms with van der Waals surface area (Å²) >= 11 is 5.78. The summed E-state index contributed by atoms with van der Waals surface area (Å²) in [6, 6.07) is 3.39. The first kappa shape index (κ1) is 11.1. The maximum Gasteiger partial charge on any atom is 0.181 e. The Balaban J connectivity index is 3.06. The van der Waals surface area contributed by atoms with E-state index in [0.29, 0.717) is 0 Å². The molecule has 1 aromatic rings. The molecule has 14 heavy (non-hydrogen) atoms. The van der Waals surface area contributed by atoms with Crippen LogP contribution in [0.15, 0.2) is 18.2 Å². The second-order valence-corrected chi connectivity index (χ2v) is 3.41. The smallest absolute Gasteiger partial charge is 0.181 e. The first-order chi connectivity index (χ1) is 6.56. The highest BCUT2D eigenvalue weighted by Gasteiger charge is 2.16. The van der Waals surface area contributed by atoms with Crippen LogP contribution in [0, 0.1) is 5.82 Å². The Morgan fingerprint density at radius 2 is 2.21 bits per heavy atom. The van der Waals surface area contributed by atoms with E-state index in [9.17, 15) is 9.18 Å². The number of hydrogen-bond acceptors (Lipinski definition) is 2. The van der Waals surface area contributed by atoms with E-state index in [1.54, 1.807) is 14.0 Å². The van der Waals surface area contributed by atoms with Crippen molar-refractivity contribution in [2.45, 2.75) is 13.0 Å². The molecule has 0 bridgehead atoms. The number of ketones is 1. The molecule has 0 radical (unpaired) electrons. The van der Waals surface area contributed by atoms with E-state index in [-0.39, 0.29) is 22.4 Å². The number of carbonyl (C=O) groups is 1. The van der Waals surface area contributed by atoms with Crippen molar-refractivity contribution < 1.29 is 9.18 Å². The van der Waals surface area contributed by atoms with E-state index in [1.807, 2.05) is 0 Å².